The number of carboxylic acids is 1. The van der Waals surface area contributed by atoms with Crippen molar-refractivity contribution in [3.8, 4) is 0 Å². The number of carboxylic acid groups (broad SMARTS) is 1. The lowest BCUT2D eigenvalue weighted by atomic mass is 9.89. The van der Waals surface area contributed by atoms with Crippen LogP contribution in [-0.4, -0.2) is 22.5 Å². The zero-order valence-corrected chi connectivity index (χ0v) is 12.4. The summed E-state index contributed by atoms with van der Waals surface area (Å²) in [5, 5.41) is 11.9. The van der Waals surface area contributed by atoms with Crippen molar-refractivity contribution in [1.29, 1.82) is 0 Å². The molecule has 0 aromatic rings. The number of aliphatic carboxylic acids is 1. The van der Waals surface area contributed by atoms with Crippen LogP contribution in [0.15, 0.2) is 0 Å². The van der Waals surface area contributed by atoms with Crippen molar-refractivity contribution in [1.82, 2.24) is 5.32 Å². The van der Waals surface area contributed by atoms with Gasteiger partial charge in [-0.25, -0.2) is 4.79 Å². The molecule has 1 rings (SSSR count). The molecule has 0 bridgehead atoms. The van der Waals surface area contributed by atoms with Crippen molar-refractivity contribution in [3.63, 3.8) is 0 Å². The summed E-state index contributed by atoms with van der Waals surface area (Å²) in [7, 11) is 0. The van der Waals surface area contributed by atoms with Crippen LogP contribution in [0.3, 0.4) is 0 Å². The predicted molar refractivity (Wildman–Crippen MR) is 74.8 cm³/mol. The van der Waals surface area contributed by atoms with Gasteiger partial charge in [-0.1, -0.05) is 39.5 Å². The van der Waals surface area contributed by atoms with Gasteiger partial charge in [0.05, 0.1) is 0 Å². The quantitative estimate of drug-likeness (QED) is 0.746. The third-order valence-corrected chi connectivity index (χ3v) is 4.53. The van der Waals surface area contributed by atoms with Crippen LogP contribution in [0.25, 0.3) is 0 Å². The van der Waals surface area contributed by atoms with Gasteiger partial charge in [-0.15, -0.1) is 0 Å². The van der Waals surface area contributed by atoms with Crippen LogP contribution < -0.4 is 5.32 Å². The molecule has 0 heterocycles. The van der Waals surface area contributed by atoms with Crippen LogP contribution in [-0.2, 0) is 9.59 Å². The fourth-order valence-corrected chi connectivity index (χ4v) is 2.77. The minimum atomic E-state index is -1.14. The van der Waals surface area contributed by atoms with Crippen LogP contribution in [0.4, 0.5) is 0 Å². The van der Waals surface area contributed by atoms with Crippen molar-refractivity contribution in [3.05, 3.63) is 0 Å². The molecule has 1 aliphatic carbocycles. The van der Waals surface area contributed by atoms with E-state index in [1.807, 2.05) is 6.92 Å². The molecule has 1 aliphatic rings. The zero-order chi connectivity index (χ0) is 14.5. The molecule has 2 N–H and O–H groups in total. The highest BCUT2D eigenvalue weighted by Crippen LogP contribution is 2.31. The second kappa shape index (κ2) is 6.92. The normalized spacial score (nSPS) is 20.8. The summed E-state index contributed by atoms with van der Waals surface area (Å²) in [6.07, 6.45) is 7.05. The molecule has 1 fully saturated rings. The first-order valence-electron chi connectivity index (χ1n) is 7.48. The first kappa shape index (κ1) is 16.0. The molecule has 0 aromatic carbocycles. The highest BCUT2D eigenvalue weighted by atomic mass is 16.4. The van der Waals surface area contributed by atoms with Crippen LogP contribution in [0.1, 0.15) is 65.7 Å². The number of nitrogens with one attached hydrogen (secondary N) is 1. The molecule has 2 unspecified atom stereocenters. The summed E-state index contributed by atoms with van der Waals surface area (Å²) in [4.78, 5) is 23.5. The first-order valence-corrected chi connectivity index (χ1v) is 7.48. The molecule has 0 radical (unpaired) electrons. The van der Waals surface area contributed by atoms with E-state index in [0.29, 0.717) is 12.3 Å². The van der Waals surface area contributed by atoms with E-state index in [1.165, 1.54) is 25.7 Å². The van der Waals surface area contributed by atoms with Gasteiger partial charge in [0.25, 0.3) is 0 Å². The lowest BCUT2D eigenvalue weighted by Crippen LogP contribution is -2.53. The second-order valence-corrected chi connectivity index (χ2v) is 5.97. The predicted octanol–water partition coefficient (Wildman–Crippen LogP) is 2.96. The zero-order valence-electron chi connectivity index (χ0n) is 12.4. The Morgan fingerprint density at radius 3 is 2.32 bits per heavy atom. The Balaban J connectivity index is 2.59. The van der Waals surface area contributed by atoms with Crippen molar-refractivity contribution in [2.24, 2.45) is 11.8 Å². The molecule has 0 spiro atoms. The van der Waals surface area contributed by atoms with Crippen molar-refractivity contribution in [2.75, 3.05) is 0 Å². The molecule has 0 saturated heterocycles. The number of hydrogen-bond donors (Lipinski definition) is 2. The maximum atomic E-state index is 12.3. The van der Waals surface area contributed by atoms with E-state index in [9.17, 15) is 14.7 Å². The summed E-state index contributed by atoms with van der Waals surface area (Å²) in [6.45, 7) is 5.37. The van der Waals surface area contributed by atoms with Crippen molar-refractivity contribution >= 4 is 11.9 Å². The summed E-state index contributed by atoms with van der Waals surface area (Å²) in [5.41, 5.74) is -1.14. The molecular weight excluding hydrogens is 242 g/mol. The lowest BCUT2D eigenvalue weighted by molar-refractivity contribution is -0.147. The molecule has 19 heavy (non-hydrogen) atoms. The molecule has 4 heteroatoms. The van der Waals surface area contributed by atoms with E-state index < -0.39 is 11.5 Å². The Hall–Kier alpha value is -1.06. The first-order chi connectivity index (χ1) is 8.92. The molecule has 2 atom stereocenters. The van der Waals surface area contributed by atoms with Gasteiger partial charge in [0.1, 0.15) is 5.54 Å². The largest absolute Gasteiger partial charge is 0.480 e. The van der Waals surface area contributed by atoms with Gasteiger partial charge < -0.3 is 10.4 Å². The van der Waals surface area contributed by atoms with E-state index in [2.05, 4.69) is 5.32 Å². The maximum Gasteiger partial charge on any atom is 0.329 e. The molecule has 110 valence electrons. The number of amides is 1. The third-order valence-electron chi connectivity index (χ3n) is 4.53. The van der Waals surface area contributed by atoms with Gasteiger partial charge in [-0.2, -0.15) is 0 Å². The molecule has 0 aromatic heterocycles. The average Bonchev–Trinajstić information content (AvgIpc) is 2.88. The maximum absolute atomic E-state index is 12.3. The van der Waals surface area contributed by atoms with Gasteiger partial charge in [0.15, 0.2) is 0 Å². The second-order valence-electron chi connectivity index (χ2n) is 5.97. The van der Waals surface area contributed by atoms with Gasteiger partial charge in [-0.3, -0.25) is 4.79 Å². The van der Waals surface area contributed by atoms with Crippen molar-refractivity contribution < 1.29 is 14.7 Å². The molecular formula is C15H27NO3. The van der Waals surface area contributed by atoms with E-state index in [1.54, 1.807) is 13.8 Å². The van der Waals surface area contributed by atoms with Gasteiger partial charge in [0, 0.05) is 5.92 Å². The minimum Gasteiger partial charge on any atom is -0.480 e. The third kappa shape index (κ3) is 4.22. The average molecular weight is 269 g/mol. The summed E-state index contributed by atoms with van der Waals surface area (Å²) < 4.78 is 0. The fraction of sp³-hybridized carbons (Fsp3) is 0.867. The Morgan fingerprint density at radius 1 is 1.32 bits per heavy atom. The summed E-state index contributed by atoms with van der Waals surface area (Å²) in [5.74, 6) is -0.457. The van der Waals surface area contributed by atoms with Crippen LogP contribution in [0, 0.1) is 11.8 Å². The van der Waals surface area contributed by atoms with Crippen molar-refractivity contribution in [2.45, 2.75) is 71.3 Å². The highest BCUT2D eigenvalue weighted by molar-refractivity contribution is 5.87. The highest BCUT2D eigenvalue weighted by Gasteiger charge is 2.35. The monoisotopic (exact) mass is 269 g/mol. The fourth-order valence-electron chi connectivity index (χ4n) is 2.77. The van der Waals surface area contributed by atoms with Gasteiger partial charge >= 0.3 is 5.97 Å². The van der Waals surface area contributed by atoms with E-state index in [-0.39, 0.29) is 11.8 Å². The summed E-state index contributed by atoms with van der Waals surface area (Å²) in [6, 6.07) is 0. The lowest BCUT2D eigenvalue weighted by Gasteiger charge is -2.28. The Morgan fingerprint density at radius 2 is 1.89 bits per heavy atom. The standard InChI is InChI=1S/C15H27NO3/c1-4-12(10-11-8-6-7-9-11)13(17)16-15(3,5-2)14(18)19/h11-12H,4-10H2,1-3H3,(H,16,17)(H,18,19). The SMILES string of the molecule is CCC(CC1CCCC1)C(=O)NC(C)(CC)C(=O)O. The van der Waals surface area contributed by atoms with Crippen LogP contribution in [0.2, 0.25) is 0 Å². The molecule has 4 nitrogen and oxygen atoms in total. The molecule has 0 aliphatic heterocycles. The smallest absolute Gasteiger partial charge is 0.329 e. The number of rotatable bonds is 7. The Labute approximate surface area is 116 Å². The minimum absolute atomic E-state index is 0.0478. The van der Waals surface area contributed by atoms with E-state index >= 15 is 0 Å². The van der Waals surface area contributed by atoms with Crippen LogP contribution in [0.5, 0.6) is 0 Å². The van der Waals surface area contributed by atoms with Gasteiger partial charge in [-0.05, 0) is 32.1 Å². The van der Waals surface area contributed by atoms with Crippen LogP contribution >= 0.6 is 0 Å². The summed E-state index contributed by atoms with van der Waals surface area (Å²) >= 11 is 0. The Bertz CT molecular complexity index is 323. The molecule has 1 saturated carbocycles. The van der Waals surface area contributed by atoms with E-state index in [4.69, 9.17) is 0 Å². The Kier molecular flexibility index (Phi) is 5.83. The number of carbonyl (C=O) groups is 2. The van der Waals surface area contributed by atoms with Gasteiger partial charge in [0.2, 0.25) is 5.91 Å². The van der Waals surface area contributed by atoms with E-state index in [0.717, 1.165) is 12.8 Å². The topological polar surface area (TPSA) is 66.4 Å². The number of carbonyl (C=O) groups excluding carboxylic acids is 1. The number of hydrogen-bond acceptors (Lipinski definition) is 2. The molecule has 1 amide bonds.